The average molecular weight is 210 g/mol. The maximum Gasteiger partial charge on any atom is 0.321 e. The van der Waals surface area contributed by atoms with Crippen LogP contribution in [0, 0.1) is 0 Å². The van der Waals surface area contributed by atoms with Gasteiger partial charge in [0, 0.05) is 0 Å². The van der Waals surface area contributed by atoms with E-state index in [1.54, 1.807) is 20.8 Å². The van der Waals surface area contributed by atoms with Crippen LogP contribution >= 0.6 is 8.11 Å². The van der Waals surface area contributed by atoms with Crippen LogP contribution in [0.1, 0.15) is 33.6 Å². The fourth-order valence-electron chi connectivity index (χ4n) is 1.17. The molecule has 0 aromatic carbocycles. The van der Waals surface area contributed by atoms with Crippen molar-refractivity contribution < 1.29 is 18.3 Å². The molecule has 13 heavy (non-hydrogen) atoms. The monoisotopic (exact) mass is 210 g/mol. The highest BCUT2D eigenvalue weighted by Gasteiger charge is 2.42. The molecule has 0 heterocycles. The van der Waals surface area contributed by atoms with Crippen LogP contribution in [0.15, 0.2) is 0 Å². The molecule has 0 saturated heterocycles. The fourth-order valence-corrected chi connectivity index (χ4v) is 1.95. The van der Waals surface area contributed by atoms with Gasteiger partial charge in [0.2, 0.25) is 8.11 Å². The van der Waals surface area contributed by atoms with E-state index in [-0.39, 0.29) is 19.4 Å². The van der Waals surface area contributed by atoms with Crippen LogP contribution in [0.25, 0.3) is 0 Å². The van der Waals surface area contributed by atoms with Gasteiger partial charge in [-0.25, -0.2) is 0 Å². The van der Waals surface area contributed by atoms with E-state index >= 15 is 0 Å². The van der Waals surface area contributed by atoms with E-state index in [0.717, 1.165) is 0 Å². The van der Waals surface area contributed by atoms with Crippen molar-refractivity contribution in [2.24, 2.45) is 0 Å². The van der Waals surface area contributed by atoms with E-state index < -0.39 is 19.2 Å². The number of hydrogen-bond acceptors (Lipinski definition) is 3. The first-order valence-electron chi connectivity index (χ1n) is 4.42. The average Bonchev–Trinajstić information content (AvgIpc) is 2.07. The molecule has 0 radical (unpaired) electrons. The summed E-state index contributed by atoms with van der Waals surface area (Å²) < 4.78 is 28.4. The summed E-state index contributed by atoms with van der Waals surface area (Å²) in [7, 11) is -3.38. The van der Waals surface area contributed by atoms with Gasteiger partial charge < -0.3 is 4.74 Å². The standard InChI is InChI=1S/C8H16FO3P/c1-4-8(5-2,13(9)11)7(10)12-6-3/h13H,4-6H2,1-3H3. The Kier molecular flexibility index (Phi) is 5.23. The minimum atomic E-state index is -3.38. The van der Waals surface area contributed by atoms with Gasteiger partial charge in [0.05, 0.1) is 6.61 Å². The minimum absolute atomic E-state index is 0.190. The molecule has 0 aromatic rings. The third kappa shape index (κ3) is 2.53. The van der Waals surface area contributed by atoms with Gasteiger partial charge in [0.15, 0.2) is 0 Å². The van der Waals surface area contributed by atoms with Gasteiger partial charge in [-0.3, -0.25) is 9.36 Å². The molecule has 5 heteroatoms. The van der Waals surface area contributed by atoms with E-state index in [1.165, 1.54) is 0 Å². The van der Waals surface area contributed by atoms with E-state index in [0.29, 0.717) is 0 Å². The van der Waals surface area contributed by atoms with Gasteiger partial charge in [0.25, 0.3) is 0 Å². The van der Waals surface area contributed by atoms with Crippen molar-refractivity contribution in [3.8, 4) is 0 Å². The molecule has 0 aliphatic rings. The molecule has 1 unspecified atom stereocenters. The van der Waals surface area contributed by atoms with Gasteiger partial charge in [0.1, 0.15) is 5.16 Å². The molecule has 0 N–H and O–H groups in total. The van der Waals surface area contributed by atoms with E-state index in [1.807, 2.05) is 0 Å². The number of hydrogen-bond donors (Lipinski definition) is 0. The van der Waals surface area contributed by atoms with Gasteiger partial charge in [-0.2, -0.15) is 4.20 Å². The maximum absolute atomic E-state index is 12.8. The summed E-state index contributed by atoms with van der Waals surface area (Å²) in [5.74, 6) is -0.675. The molecular formula is C8H16FO3P. The van der Waals surface area contributed by atoms with Gasteiger partial charge in [-0.05, 0) is 19.8 Å². The second-order valence-electron chi connectivity index (χ2n) is 2.78. The summed E-state index contributed by atoms with van der Waals surface area (Å²) in [4.78, 5) is 11.3. The van der Waals surface area contributed by atoms with Gasteiger partial charge in [-0.1, -0.05) is 13.8 Å². The van der Waals surface area contributed by atoms with Crippen LogP contribution in [-0.2, 0) is 14.1 Å². The molecule has 0 aliphatic carbocycles. The Hall–Kier alpha value is -0.370. The number of carbonyl (C=O) groups is 1. The minimum Gasteiger partial charge on any atom is -0.465 e. The molecule has 78 valence electrons. The molecule has 1 atom stereocenters. The topological polar surface area (TPSA) is 43.4 Å². The van der Waals surface area contributed by atoms with E-state index in [9.17, 15) is 13.6 Å². The number of esters is 1. The number of ether oxygens (including phenoxy) is 1. The second kappa shape index (κ2) is 5.38. The summed E-state index contributed by atoms with van der Waals surface area (Å²) in [5.41, 5.74) is 0. The Bertz CT molecular complexity index is 202. The first-order valence-corrected chi connectivity index (χ1v) is 5.70. The first kappa shape index (κ1) is 12.6. The zero-order valence-electron chi connectivity index (χ0n) is 8.22. The normalized spacial score (nSPS) is 13.8. The van der Waals surface area contributed by atoms with Crippen molar-refractivity contribution in [3.63, 3.8) is 0 Å². The van der Waals surface area contributed by atoms with Crippen LogP contribution in [0.3, 0.4) is 0 Å². The Morgan fingerprint density at radius 3 is 2.08 bits per heavy atom. The van der Waals surface area contributed by atoms with Crippen molar-refractivity contribution in [3.05, 3.63) is 0 Å². The Labute approximate surface area is 78.6 Å². The van der Waals surface area contributed by atoms with Crippen molar-refractivity contribution in [2.45, 2.75) is 38.8 Å². The molecule has 0 aromatic heterocycles. The molecule has 3 nitrogen and oxygen atoms in total. The van der Waals surface area contributed by atoms with E-state index in [4.69, 9.17) is 4.74 Å². The Morgan fingerprint density at radius 2 is 1.85 bits per heavy atom. The van der Waals surface area contributed by atoms with Crippen molar-refractivity contribution in [1.29, 1.82) is 0 Å². The zero-order valence-corrected chi connectivity index (χ0v) is 9.22. The second-order valence-corrected chi connectivity index (χ2v) is 4.29. The lowest BCUT2D eigenvalue weighted by molar-refractivity contribution is -0.146. The lowest BCUT2D eigenvalue weighted by Gasteiger charge is -2.24. The number of halogens is 1. The molecule has 0 rings (SSSR count). The number of carbonyl (C=O) groups excluding carboxylic acids is 1. The predicted octanol–water partition coefficient (Wildman–Crippen LogP) is 2.55. The summed E-state index contributed by atoms with van der Waals surface area (Å²) >= 11 is 0. The fraction of sp³-hybridized carbons (Fsp3) is 0.875. The van der Waals surface area contributed by atoms with Crippen molar-refractivity contribution in [2.75, 3.05) is 6.61 Å². The molecule has 0 bridgehead atoms. The van der Waals surface area contributed by atoms with Crippen molar-refractivity contribution >= 4 is 14.1 Å². The highest BCUT2D eigenvalue weighted by Crippen LogP contribution is 2.46. The summed E-state index contributed by atoms with van der Waals surface area (Å²) in [5, 5.41) is -1.39. The molecular weight excluding hydrogens is 194 g/mol. The van der Waals surface area contributed by atoms with Gasteiger partial charge in [-0.15, -0.1) is 0 Å². The lowest BCUT2D eigenvalue weighted by atomic mass is 10.0. The Morgan fingerprint density at radius 1 is 1.38 bits per heavy atom. The quantitative estimate of drug-likeness (QED) is 0.517. The predicted molar refractivity (Wildman–Crippen MR) is 50.1 cm³/mol. The summed E-state index contributed by atoms with van der Waals surface area (Å²) in [6, 6.07) is 0. The van der Waals surface area contributed by atoms with Crippen LogP contribution in [0.4, 0.5) is 4.20 Å². The highest BCUT2D eigenvalue weighted by atomic mass is 31.1. The maximum atomic E-state index is 12.8. The van der Waals surface area contributed by atoms with E-state index in [2.05, 4.69) is 0 Å². The molecule has 0 saturated carbocycles. The summed E-state index contributed by atoms with van der Waals surface area (Å²) in [6.45, 7) is 5.12. The van der Waals surface area contributed by atoms with Gasteiger partial charge >= 0.3 is 5.97 Å². The molecule has 0 spiro atoms. The number of rotatable bonds is 5. The summed E-state index contributed by atoms with van der Waals surface area (Å²) in [6.07, 6.45) is 0.438. The Balaban J connectivity index is 4.75. The third-order valence-corrected chi connectivity index (χ3v) is 3.91. The van der Waals surface area contributed by atoms with Crippen LogP contribution in [0.5, 0.6) is 0 Å². The third-order valence-electron chi connectivity index (χ3n) is 2.25. The van der Waals surface area contributed by atoms with Crippen molar-refractivity contribution in [1.82, 2.24) is 0 Å². The van der Waals surface area contributed by atoms with Crippen LogP contribution in [0.2, 0.25) is 0 Å². The SMILES string of the molecule is CCOC(=O)C(CC)(CC)[PH](=O)F. The van der Waals surface area contributed by atoms with Crippen LogP contribution < -0.4 is 0 Å². The first-order chi connectivity index (χ1) is 6.05. The largest absolute Gasteiger partial charge is 0.465 e. The molecule has 0 fully saturated rings. The zero-order chi connectivity index (χ0) is 10.5. The highest BCUT2D eigenvalue weighted by molar-refractivity contribution is 7.42. The van der Waals surface area contributed by atoms with Crippen LogP contribution in [-0.4, -0.2) is 17.7 Å². The molecule has 0 amide bonds. The smallest absolute Gasteiger partial charge is 0.321 e. The lowest BCUT2D eigenvalue weighted by Crippen LogP contribution is -2.34. The molecule has 0 aliphatic heterocycles.